The molecule has 1 aromatic heterocycles. The molecule has 0 saturated heterocycles. The lowest BCUT2D eigenvalue weighted by Crippen LogP contribution is -2.33. The van der Waals surface area contributed by atoms with Crippen LogP contribution in [0.4, 0.5) is 11.4 Å². The van der Waals surface area contributed by atoms with E-state index in [1.54, 1.807) is 48.5 Å². The summed E-state index contributed by atoms with van der Waals surface area (Å²) in [5, 5.41) is 7.96. The van der Waals surface area contributed by atoms with Gasteiger partial charge in [0.15, 0.2) is 5.76 Å². The van der Waals surface area contributed by atoms with Crippen molar-refractivity contribution < 1.29 is 18.8 Å². The van der Waals surface area contributed by atoms with Crippen LogP contribution in [0, 0.1) is 6.92 Å². The molecule has 0 aliphatic heterocycles. The summed E-state index contributed by atoms with van der Waals surface area (Å²) >= 11 is 0. The molecule has 3 aromatic rings. The molecule has 0 bridgehead atoms. The predicted octanol–water partition coefficient (Wildman–Crippen LogP) is 3.21. The molecule has 0 aliphatic carbocycles. The van der Waals surface area contributed by atoms with Crippen molar-refractivity contribution in [2.75, 3.05) is 17.2 Å². The van der Waals surface area contributed by atoms with Gasteiger partial charge in [-0.05, 0) is 48.9 Å². The average Bonchev–Trinajstić information content (AvgIpc) is 3.22. The molecule has 0 atom stereocenters. The van der Waals surface area contributed by atoms with Gasteiger partial charge in [0.25, 0.3) is 11.8 Å². The summed E-state index contributed by atoms with van der Waals surface area (Å²) in [6.07, 6.45) is 1.41. The standard InChI is InChI=1S/C21H19N3O4/c1-14-6-2-3-9-17(14)20(26)22-13-19(25)23-15-7-4-8-16(12-15)24-21(27)18-10-5-11-28-18/h2-12H,13H2,1H3,(H,22,26)(H,23,25)(H,24,27). The molecule has 142 valence electrons. The van der Waals surface area contributed by atoms with E-state index in [9.17, 15) is 14.4 Å². The van der Waals surface area contributed by atoms with E-state index >= 15 is 0 Å². The first-order valence-electron chi connectivity index (χ1n) is 8.61. The minimum absolute atomic E-state index is 0.170. The maximum Gasteiger partial charge on any atom is 0.291 e. The largest absolute Gasteiger partial charge is 0.459 e. The summed E-state index contributed by atoms with van der Waals surface area (Å²) < 4.78 is 5.04. The molecule has 7 heteroatoms. The molecule has 28 heavy (non-hydrogen) atoms. The van der Waals surface area contributed by atoms with Gasteiger partial charge in [-0.3, -0.25) is 14.4 Å². The summed E-state index contributed by atoms with van der Waals surface area (Å²) in [6.45, 7) is 1.66. The molecular formula is C21H19N3O4. The van der Waals surface area contributed by atoms with E-state index in [1.807, 2.05) is 19.1 Å². The van der Waals surface area contributed by atoms with Crippen LogP contribution in [0.5, 0.6) is 0 Å². The van der Waals surface area contributed by atoms with E-state index in [0.29, 0.717) is 16.9 Å². The lowest BCUT2D eigenvalue weighted by atomic mass is 10.1. The number of hydrogen-bond donors (Lipinski definition) is 3. The smallest absolute Gasteiger partial charge is 0.291 e. The summed E-state index contributed by atoms with van der Waals surface area (Å²) in [5.41, 5.74) is 2.36. The molecule has 0 saturated carbocycles. The van der Waals surface area contributed by atoms with Gasteiger partial charge in [0.2, 0.25) is 5.91 Å². The zero-order valence-corrected chi connectivity index (χ0v) is 15.2. The van der Waals surface area contributed by atoms with Crippen molar-refractivity contribution in [2.45, 2.75) is 6.92 Å². The third-order valence-electron chi connectivity index (χ3n) is 3.95. The van der Waals surface area contributed by atoms with E-state index in [1.165, 1.54) is 6.26 Å². The summed E-state index contributed by atoms with van der Waals surface area (Å²) in [5.74, 6) is -0.892. The van der Waals surface area contributed by atoms with Crippen molar-refractivity contribution >= 4 is 29.1 Å². The molecule has 3 rings (SSSR count). The van der Waals surface area contributed by atoms with Crippen molar-refractivity contribution in [3.05, 3.63) is 83.8 Å². The maximum absolute atomic E-state index is 12.2. The van der Waals surface area contributed by atoms with Crippen LogP contribution in [-0.4, -0.2) is 24.3 Å². The number of amides is 3. The average molecular weight is 377 g/mol. The first-order valence-corrected chi connectivity index (χ1v) is 8.61. The number of benzene rings is 2. The first kappa shape index (κ1) is 18.9. The molecule has 3 amide bonds. The number of anilines is 2. The van der Waals surface area contributed by atoms with Gasteiger partial charge in [0, 0.05) is 16.9 Å². The Labute approximate surface area is 161 Å². The van der Waals surface area contributed by atoms with Gasteiger partial charge in [0.1, 0.15) is 0 Å². The van der Waals surface area contributed by atoms with Crippen LogP contribution < -0.4 is 16.0 Å². The minimum Gasteiger partial charge on any atom is -0.459 e. The molecule has 0 fully saturated rings. The Kier molecular flexibility index (Phi) is 5.86. The molecule has 0 radical (unpaired) electrons. The minimum atomic E-state index is -0.390. The molecule has 7 nitrogen and oxygen atoms in total. The van der Waals surface area contributed by atoms with E-state index in [4.69, 9.17) is 4.42 Å². The number of hydrogen-bond acceptors (Lipinski definition) is 4. The highest BCUT2D eigenvalue weighted by Crippen LogP contribution is 2.16. The predicted molar refractivity (Wildman–Crippen MR) is 105 cm³/mol. The van der Waals surface area contributed by atoms with Gasteiger partial charge in [0.05, 0.1) is 12.8 Å². The fourth-order valence-electron chi connectivity index (χ4n) is 2.56. The van der Waals surface area contributed by atoms with Crippen LogP contribution in [0.25, 0.3) is 0 Å². The highest BCUT2D eigenvalue weighted by Gasteiger charge is 2.11. The van der Waals surface area contributed by atoms with Crippen molar-refractivity contribution in [1.82, 2.24) is 5.32 Å². The molecule has 3 N–H and O–H groups in total. The monoisotopic (exact) mass is 377 g/mol. The van der Waals surface area contributed by atoms with Crippen molar-refractivity contribution in [3.8, 4) is 0 Å². The van der Waals surface area contributed by atoms with Gasteiger partial charge >= 0.3 is 0 Å². The van der Waals surface area contributed by atoms with Gasteiger partial charge in [-0.15, -0.1) is 0 Å². The number of carbonyl (C=O) groups is 3. The SMILES string of the molecule is Cc1ccccc1C(=O)NCC(=O)Nc1cccc(NC(=O)c2ccco2)c1. The molecule has 2 aromatic carbocycles. The number of nitrogens with one attached hydrogen (secondary N) is 3. The van der Waals surface area contributed by atoms with Crippen LogP contribution >= 0.6 is 0 Å². The zero-order chi connectivity index (χ0) is 19.9. The van der Waals surface area contributed by atoms with Crippen LogP contribution in [0.2, 0.25) is 0 Å². The van der Waals surface area contributed by atoms with E-state index in [2.05, 4.69) is 16.0 Å². The number of rotatable bonds is 6. The Balaban J connectivity index is 1.55. The second kappa shape index (κ2) is 8.68. The molecule has 1 heterocycles. The second-order valence-electron chi connectivity index (χ2n) is 6.06. The topological polar surface area (TPSA) is 100 Å². The molecule has 0 spiro atoms. The molecule has 0 unspecified atom stereocenters. The third kappa shape index (κ3) is 4.85. The number of carbonyl (C=O) groups excluding carboxylic acids is 3. The Morgan fingerprint density at radius 3 is 2.32 bits per heavy atom. The van der Waals surface area contributed by atoms with Crippen LogP contribution in [0.1, 0.15) is 26.5 Å². The lowest BCUT2D eigenvalue weighted by molar-refractivity contribution is -0.115. The Hall–Kier alpha value is -3.87. The molecular weight excluding hydrogens is 358 g/mol. The van der Waals surface area contributed by atoms with E-state index in [0.717, 1.165) is 5.56 Å². The van der Waals surface area contributed by atoms with Crippen LogP contribution in [-0.2, 0) is 4.79 Å². The fraction of sp³-hybridized carbons (Fsp3) is 0.0952. The Morgan fingerprint density at radius 2 is 1.61 bits per heavy atom. The first-order chi connectivity index (χ1) is 13.5. The summed E-state index contributed by atoms with van der Waals surface area (Å²) in [4.78, 5) is 36.3. The Morgan fingerprint density at radius 1 is 0.857 bits per heavy atom. The normalized spacial score (nSPS) is 10.2. The van der Waals surface area contributed by atoms with Gasteiger partial charge in [-0.2, -0.15) is 0 Å². The highest BCUT2D eigenvalue weighted by atomic mass is 16.3. The van der Waals surface area contributed by atoms with Crippen LogP contribution in [0.3, 0.4) is 0 Å². The van der Waals surface area contributed by atoms with Gasteiger partial charge in [-0.25, -0.2) is 0 Å². The number of furan rings is 1. The van der Waals surface area contributed by atoms with Crippen molar-refractivity contribution in [3.63, 3.8) is 0 Å². The zero-order valence-electron chi connectivity index (χ0n) is 15.2. The van der Waals surface area contributed by atoms with Crippen molar-refractivity contribution in [1.29, 1.82) is 0 Å². The fourth-order valence-corrected chi connectivity index (χ4v) is 2.56. The highest BCUT2D eigenvalue weighted by molar-refractivity contribution is 6.03. The van der Waals surface area contributed by atoms with Crippen molar-refractivity contribution in [2.24, 2.45) is 0 Å². The third-order valence-corrected chi connectivity index (χ3v) is 3.95. The lowest BCUT2D eigenvalue weighted by Gasteiger charge is -2.10. The van der Waals surface area contributed by atoms with E-state index < -0.39 is 0 Å². The second-order valence-corrected chi connectivity index (χ2v) is 6.06. The molecule has 0 aliphatic rings. The number of aryl methyl sites for hydroxylation is 1. The summed E-state index contributed by atoms with van der Waals surface area (Å²) in [7, 11) is 0. The Bertz CT molecular complexity index is 996. The quantitative estimate of drug-likeness (QED) is 0.614. The van der Waals surface area contributed by atoms with Gasteiger partial charge in [-0.1, -0.05) is 24.3 Å². The summed E-state index contributed by atoms with van der Waals surface area (Å²) in [6, 6.07) is 17.0. The maximum atomic E-state index is 12.2. The van der Waals surface area contributed by atoms with Crippen LogP contribution in [0.15, 0.2) is 71.3 Å². The van der Waals surface area contributed by atoms with Gasteiger partial charge < -0.3 is 20.4 Å². The van der Waals surface area contributed by atoms with E-state index in [-0.39, 0.29) is 30.0 Å².